The highest BCUT2D eigenvalue weighted by Gasteiger charge is 2.11. The average Bonchev–Trinajstić information content (AvgIpc) is 3.04. The maximum atomic E-state index is 12.4. The first-order valence-corrected chi connectivity index (χ1v) is 10.3. The Kier molecular flexibility index (Phi) is 6.33. The molecule has 3 aromatic rings. The van der Waals surface area contributed by atoms with Crippen molar-refractivity contribution >= 4 is 39.1 Å². The molecule has 0 bridgehead atoms. The molecular formula is C20H24ClN3OS. The van der Waals surface area contributed by atoms with Crippen LogP contribution in [-0.4, -0.2) is 16.0 Å². The SMILES string of the molecule is CCCCCCC(C)Nc1nc2cc(-c3ccc(Cl)cc3)sc2c(=O)[nH]1. The molecule has 0 aliphatic carbocycles. The van der Waals surface area contributed by atoms with Crippen LogP contribution in [0.3, 0.4) is 0 Å². The van der Waals surface area contributed by atoms with Crippen molar-refractivity contribution < 1.29 is 0 Å². The van der Waals surface area contributed by atoms with Crippen molar-refractivity contribution in [2.24, 2.45) is 0 Å². The summed E-state index contributed by atoms with van der Waals surface area (Å²) in [5.41, 5.74) is 1.67. The maximum absolute atomic E-state index is 12.4. The monoisotopic (exact) mass is 389 g/mol. The molecule has 0 radical (unpaired) electrons. The summed E-state index contributed by atoms with van der Waals surface area (Å²) in [4.78, 5) is 20.9. The minimum absolute atomic E-state index is 0.0964. The van der Waals surface area contributed by atoms with E-state index < -0.39 is 0 Å². The van der Waals surface area contributed by atoms with E-state index in [0.717, 1.165) is 22.4 Å². The van der Waals surface area contributed by atoms with Gasteiger partial charge in [-0.3, -0.25) is 9.78 Å². The van der Waals surface area contributed by atoms with Gasteiger partial charge in [0.25, 0.3) is 5.56 Å². The third-order valence-electron chi connectivity index (χ3n) is 4.39. The van der Waals surface area contributed by atoms with E-state index in [9.17, 15) is 4.79 Å². The zero-order valence-electron chi connectivity index (χ0n) is 15.1. The first-order valence-electron chi connectivity index (χ1n) is 9.13. The molecule has 0 amide bonds. The first-order chi connectivity index (χ1) is 12.6. The van der Waals surface area contributed by atoms with Crippen molar-refractivity contribution in [3.8, 4) is 10.4 Å². The lowest BCUT2D eigenvalue weighted by molar-refractivity contribution is 0.592. The van der Waals surface area contributed by atoms with Crippen molar-refractivity contribution in [3.05, 3.63) is 45.7 Å². The molecule has 4 nitrogen and oxygen atoms in total. The second-order valence-electron chi connectivity index (χ2n) is 6.64. The van der Waals surface area contributed by atoms with Crippen molar-refractivity contribution in [1.29, 1.82) is 0 Å². The molecule has 26 heavy (non-hydrogen) atoms. The van der Waals surface area contributed by atoms with E-state index in [1.807, 2.05) is 30.3 Å². The predicted molar refractivity (Wildman–Crippen MR) is 113 cm³/mol. The number of halogens is 1. The minimum atomic E-state index is -0.0964. The molecule has 1 atom stereocenters. The summed E-state index contributed by atoms with van der Waals surface area (Å²) in [5.74, 6) is 0.547. The summed E-state index contributed by atoms with van der Waals surface area (Å²) >= 11 is 7.41. The summed E-state index contributed by atoms with van der Waals surface area (Å²) in [6.45, 7) is 4.34. The van der Waals surface area contributed by atoms with Gasteiger partial charge in [-0.25, -0.2) is 4.98 Å². The van der Waals surface area contributed by atoms with Gasteiger partial charge in [0, 0.05) is 15.9 Å². The van der Waals surface area contributed by atoms with Crippen LogP contribution in [0.2, 0.25) is 5.02 Å². The number of thiophene rings is 1. The second kappa shape index (κ2) is 8.69. The standard InChI is InChI=1S/C20H24ClN3OS/c1-3-4-5-6-7-13(2)22-20-23-16-12-17(26-18(16)19(25)24-20)14-8-10-15(21)11-9-14/h8-13H,3-7H2,1-2H3,(H2,22,23,24,25). The zero-order valence-corrected chi connectivity index (χ0v) is 16.7. The van der Waals surface area contributed by atoms with Gasteiger partial charge in [0.05, 0.1) is 5.52 Å². The number of H-pyrrole nitrogens is 1. The minimum Gasteiger partial charge on any atom is -0.353 e. The Bertz CT molecular complexity index is 917. The summed E-state index contributed by atoms with van der Waals surface area (Å²) in [6, 6.07) is 9.87. The summed E-state index contributed by atoms with van der Waals surface area (Å²) in [5, 5.41) is 4.03. The molecule has 0 saturated carbocycles. The van der Waals surface area contributed by atoms with Crippen LogP contribution in [-0.2, 0) is 0 Å². The number of hydrogen-bond acceptors (Lipinski definition) is 4. The lowest BCUT2D eigenvalue weighted by atomic mass is 10.1. The largest absolute Gasteiger partial charge is 0.353 e. The van der Waals surface area contributed by atoms with Gasteiger partial charge in [0.2, 0.25) is 5.95 Å². The Morgan fingerprint density at radius 2 is 2.00 bits per heavy atom. The highest BCUT2D eigenvalue weighted by molar-refractivity contribution is 7.22. The average molecular weight is 390 g/mol. The van der Waals surface area contributed by atoms with Gasteiger partial charge in [-0.05, 0) is 37.1 Å². The van der Waals surface area contributed by atoms with Gasteiger partial charge in [-0.2, -0.15) is 0 Å². The number of aromatic nitrogens is 2. The summed E-state index contributed by atoms with van der Waals surface area (Å²) in [6.07, 6.45) is 6.02. The predicted octanol–water partition coefficient (Wildman–Crippen LogP) is 6.08. The molecule has 3 rings (SSSR count). The normalized spacial score (nSPS) is 12.4. The number of aromatic amines is 1. The fourth-order valence-electron chi connectivity index (χ4n) is 2.95. The molecule has 1 unspecified atom stereocenters. The Balaban J connectivity index is 1.77. The van der Waals surface area contributed by atoms with E-state index in [2.05, 4.69) is 29.1 Å². The highest BCUT2D eigenvalue weighted by Crippen LogP contribution is 2.31. The van der Waals surface area contributed by atoms with E-state index >= 15 is 0 Å². The number of hydrogen-bond donors (Lipinski definition) is 2. The number of anilines is 1. The molecule has 0 aliphatic rings. The number of nitrogens with zero attached hydrogens (tertiary/aromatic N) is 1. The van der Waals surface area contributed by atoms with Gasteiger partial charge in [-0.1, -0.05) is 56.3 Å². The van der Waals surface area contributed by atoms with E-state index in [1.165, 1.54) is 37.0 Å². The second-order valence-corrected chi connectivity index (χ2v) is 8.13. The van der Waals surface area contributed by atoms with Crippen LogP contribution < -0.4 is 10.9 Å². The summed E-state index contributed by atoms with van der Waals surface area (Å²) < 4.78 is 0.649. The van der Waals surface area contributed by atoms with Crippen LogP contribution in [0.5, 0.6) is 0 Å². The van der Waals surface area contributed by atoms with Crippen LogP contribution in [0.4, 0.5) is 5.95 Å². The Labute approximate surface area is 162 Å². The molecule has 6 heteroatoms. The Morgan fingerprint density at radius 1 is 1.23 bits per heavy atom. The van der Waals surface area contributed by atoms with Crippen molar-refractivity contribution in [2.75, 3.05) is 5.32 Å². The van der Waals surface area contributed by atoms with Crippen LogP contribution in [0, 0.1) is 0 Å². The van der Waals surface area contributed by atoms with Gasteiger partial charge in [0.1, 0.15) is 4.70 Å². The molecule has 0 fully saturated rings. The summed E-state index contributed by atoms with van der Waals surface area (Å²) in [7, 11) is 0. The molecule has 2 aromatic heterocycles. The maximum Gasteiger partial charge on any atom is 0.270 e. The lowest BCUT2D eigenvalue weighted by Crippen LogP contribution is -2.19. The van der Waals surface area contributed by atoms with Gasteiger partial charge < -0.3 is 5.32 Å². The van der Waals surface area contributed by atoms with E-state index in [4.69, 9.17) is 11.6 Å². The quantitative estimate of drug-likeness (QED) is 0.459. The molecule has 2 N–H and O–H groups in total. The van der Waals surface area contributed by atoms with Gasteiger partial charge in [-0.15, -0.1) is 11.3 Å². The van der Waals surface area contributed by atoms with Crippen LogP contribution >= 0.6 is 22.9 Å². The van der Waals surface area contributed by atoms with Crippen LogP contribution in [0.25, 0.3) is 20.7 Å². The fraction of sp³-hybridized carbons (Fsp3) is 0.400. The lowest BCUT2D eigenvalue weighted by Gasteiger charge is -2.13. The highest BCUT2D eigenvalue weighted by atomic mass is 35.5. The number of benzene rings is 1. The number of rotatable bonds is 8. The van der Waals surface area contributed by atoms with Gasteiger partial charge in [0.15, 0.2) is 0 Å². The molecule has 2 heterocycles. The van der Waals surface area contributed by atoms with E-state index in [1.54, 1.807) is 0 Å². The van der Waals surface area contributed by atoms with Crippen LogP contribution in [0.15, 0.2) is 35.1 Å². The van der Waals surface area contributed by atoms with Crippen molar-refractivity contribution in [1.82, 2.24) is 9.97 Å². The third kappa shape index (κ3) is 4.65. The zero-order chi connectivity index (χ0) is 18.5. The van der Waals surface area contributed by atoms with Crippen molar-refractivity contribution in [2.45, 2.75) is 52.0 Å². The molecule has 0 saturated heterocycles. The van der Waals surface area contributed by atoms with E-state index in [0.29, 0.717) is 15.7 Å². The molecule has 0 aliphatic heterocycles. The van der Waals surface area contributed by atoms with E-state index in [-0.39, 0.29) is 11.6 Å². The first kappa shape index (κ1) is 18.9. The fourth-order valence-corrected chi connectivity index (χ4v) is 4.07. The smallest absolute Gasteiger partial charge is 0.270 e. The molecule has 138 valence electrons. The molecule has 0 spiro atoms. The van der Waals surface area contributed by atoms with Gasteiger partial charge >= 0.3 is 0 Å². The number of unbranched alkanes of at least 4 members (excludes halogenated alkanes) is 3. The van der Waals surface area contributed by atoms with Crippen molar-refractivity contribution in [3.63, 3.8) is 0 Å². The third-order valence-corrected chi connectivity index (χ3v) is 5.81. The number of nitrogens with one attached hydrogen (secondary N) is 2. The Morgan fingerprint density at radius 3 is 2.73 bits per heavy atom. The topological polar surface area (TPSA) is 57.8 Å². The molecular weight excluding hydrogens is 366 g/mol. The Hall–Kier alpha value is -1.85. The molecule has 1 aromatic carbocycles. The van der Waals surface area contributed by atoms with Crippen LogP contribution in [0.1, 0.15) is 46.0 Å². The number of fused-ring (bicyclic) bond motifs is 1.